The Balaban J connectivity index is 0.00000364. The minimum atomic E-state index is -1.64. The van der Waals surface area contributed by atoms with E-state index in [1.807, 2.05) is 0 Å². The Morgan fingerprint density at radius 2 is 1.04 bits per heavy atom. The summed E-state index contributed by atoms with van der Waals surface area (Å²) in [6.45, 7) is 0. The minimum absolute atomic E-state index is 0. The zero-order chi connectivity index (χ0) is 19.4. The fourth-order valence-electron chi connectivity index (χ4n) is 1.82. The Morgan fingerprint density at radius 1 is 0.714 bits per heavy atom. The number of non-ortho nitro benzene ring substituents is 2. The van der Waals surface area contributed by atoms with Crippen molar-refractivity contribution in [3.63, 3.8) is 0 Å². The van der Waals surface area contributed by atoms with Crippen molar-refractivity contribution in [1.82, 2.24) is 0 Å². The zero-order valence-electron chi connectivity index (χ0n) is 14.4. The number of hydrogen-bond donors (Lipinski definition) is 0. The molecule has 10 nitrogen and oxygen atoms in total. The van der Waals surface area contributed by atoms with Gasteiger partial charge in [-0.25, -0.2) is 0 Å². The van der Waals surface area contributed by atoms with Crippen LogP contribution in [0.1, 0.15) is 20.7 Å². The van der Waals surface area contributed by atoms with Crippen LogP contribution in [0.15, 0.2) is 46.2 Å². The summed E-state index contributed by atoms with van der Waals surface area (Å²) >= 11 is 0. The predicted molar refractivity (Wildman–Crippen MR) is 86.6 cm³/mol. The van der Waals surface area contributed by atoms with Gasteiger partial charge in [-0.05, 0) is 12.1 Å². The number of benzene rings is 2. The van der Waals surface area contributed by atoms with Crippen LogP contribution in [0.5, 0.6) is 0 Å². The third kappa shape index (κ3) is 6.74. The topological polar surface area (TPSA) is 167 Å². The fourth-order valence-corrected chi connectivity index (χ4v) is 4.12. The fraction of sp³-hybridized carbons (Fsp3) is 0. The van der Waals surface area contributed by atoms with Crippen molar-refractivity contribution in [3.05, 3.63) is 67.8 Å². The number of carbonyl (C=O) groups is 2. The van der Waals surface area contributed by atoms with Gasteiger partial charge >= 0.3 is 59.1 Å². The average Bonchev–Trinajstić information content (AvgIpc) is 2.59. The Labute approximate surface area is 209 Å². The van der Waals surface area contributed by atoms with Crippen molar-refractivity contribution in [2.24, 2.45) is 0 Å². The van der Waals surface area contributed by atoms with E-state index in [0.717, 1.165) is 45.9 Å². The van der Waals surface area contributed by atoms with E-state index in [1.165, 1.54) is 12.1 Å². The number of carbonyl (C=O) groups excluding carboxylic acids is 2. The Hall–Kier alpha value is -1.12. The van der Waals surface area contributed by atoms with E-state index in [-0.39, 0.29) is 68.9 Å². The normalized spacial score (nSPS) is 9.57. The molecule has 28 heavy (non-hydrogen) atoms. The summed E-state index contributed by atoms with van der Waals surface area (Å²) in [5.74, 6) is -3.28. The average molecular weight is 440 g/mol. The quantitative estimate of drug-likeness (QED) is 0.176. The van der Waals surface area contributed by atoms with E-state index in [4.69, 9.17) is 0 Å². The molecule has 2 rings (SSSR count). The molecule has 0 heterocycles. The number of nitro groups is 2. The number of carboxylic acid groups (broad SMARTS) is 2. The first-order valence-corrected chi connectivity index (χ1v) is 8.69. The smallest absolute Gasteiger partial charge is 0.545 e. The number of hydrogen-bond acceptors (Lipinski definition) is 10. The molecule has 0 aliphatic rings. The van der Waals surface area contributed by atoms with Gasteiger partial charge in [0.25, 0.3) is 11.4 Å². The molecule has 0 aliphatic carbocycles. The van der Waals surface area contributed by atoms with Crippen LogP contribution in [-0.4, -0.2) is 21.8 Å². The summed E-state index contributed by atoms with van der Waals surface area (Å²) in [6.07, 6.45) is 0. The SMILES string of the molecule is O=C([O-])c1cc([N+](=O)[O-])ccc1SSc1ccc([N+](=O)[O-])cc1C(=O)[O-].[Na+].[Na+]. The number of aromatic carboxylic acids is 2. The molecule has 2 aromatic rings. The molecular weight excluding hydrogens is 434 g/mol. The molecule has 0 bridgehead atoms. The molecule has 14 heteroatoms. The van der Waals surface area contributed by atoms with E-state index >= 15 is 0 Å². The van der Waals surface area contributed by atoms with Gasteiger partial charge < -0.3 is 19.8 Å². The number of carboxylic acids is 2. The molecule has 0 aromatic heterocycles. The standard InChI is InChI=1S/C14H8N2O8S2.2Na/c17-13(18)9-5-7(15(21)22)1-3-11(9)25-26-12-4-2-8(16(23)24)6-10(12)14(19)20;;/h1-6H,(H,17,18)(H,19,20);;/q;2*+1/p-2. The summed E-state index contributed by atoms with van der Waals surface area (Å²) < 4.78 is 0. The van der Waals surface area contributed by atoms with Gasteiger partial charge in [-0.15, -0.1) is 0 Å². The van der Waals surface area contributed by atoms with Crippen LogP contribution < -0.4 is 69.3 Å². The molecule has 0 saturated carbocycles. The molecular formula is C14H6N2Na2O8S2. The third-order valence-electron chi connectivity index (χ3n) is 3.01. The van der Waals surface area contributed by atoms with Crippen molar-refractivity contribution in [2.75, 3.05) is 0 Å². The van der Waals surface area contributed by atoms with Crippen molar-refractivity contribution in [2.45, 2.75) is 9.79 Å². The van der Waals surface area contributed by atoms with Gasteiger partial charge in [0.15, 0.2) is 0 Å². The van der Waals surface area contributed by atoms with Crippen LogP contribution in [0, 0.1) is 20.2 Å². The molecule has 0 atom stereocenters. The molecule has 0 N–H and O–H groups in total. The number of rotatable bonds is 7. The molecule has 0 spiro atoms. The van der Waals surface area contributed by atoms with Crippen LogP contribution in [-0.2, 0) is 0 Å². The maximum absolute atomic E-state index is 11.2. The van der Waals surface area contributed by atoms with Gasteiger partial charge in [0.2, 0.25) is 0 Å². The second-order valence-corrected chi connectivity index (χ2v) is 6.83. The molecule has 0 unspecified atom stereocenters. The van der Waals surface area contributed by atoms with Gasteiger partial charge in [-0.2, -0.15) is 0 Å². The van der Waals surface area contributed by atoms with E-state index in [0.29, 0.717) is 0 Å². The molecule has 134 valence electrons. The first kappa shape index (κ1) is 26.9. The first-order valence-electron chi connectivity index (χ1n) is 6.54. The molecule has 0 amide bonds. The van der Waals surface area contributed by atoms with Crippen LogP contribution in [0.3, 0.4) is 0 Å². The van der Waals surface area contributed by atoms with Gasteiger partial charge in [-0.1, -0.05) is 21.6 Å². The van der Waals surface area contributed by atoms with Gasteiger partial charge in [0.05, 0.1) is 21.8 Å². The summed E-state index contributed by atoms with van der Waals surface area (Å²) in [4.78, 5) is 42.4. The van der Waals surface area contributed by atoms with Crippen molar-refractivity contribution in [1.29, 1.82) is 0 Å². The molecule has 0 fully saturated rings. The van der Waals surface area contributed by atoms with Crippen LogP contribution in [0.4, 0.5) is 11.4 Å². The molecule has 2 aromatic carbocycles. The van der Waals surface area contributed by atoms with Crippen molar-refractivity contribution in [3.8, 4) is 0 Å². The monoisotopic (exact) mass is 440 g/mol. The first-order chi connectivity index (χ1) is 12.2. The van der Waals surface area contributed by atoms with E-state index in [1.54, 1.807) is 0 Å². The van der Waals surface area contributed by atoms with Crippen LogP contribution in [0.25, 0.3) is 0 Å². The number of nitrogens with zero attached hydrogens (tertiary/aromatic N) is 2. The summed E-state index contributed by atoms with van der Waals surface area (Å²) in [5, 5.41) is 43.8. The minimum Gasteiger partial charge on any atom is -0.545 e. The van der Waals surface area contributed by atoms with E-state index < -0.39 is 44.3 Å². The second kappa shape index (κ2) is 11.8. The Morgan fingerprint density at radius 3 is 1.29 bits per heavy atom. The second-order valence-electron chi connectivity index (χ2n) is 4.62. The predicted octanol–water partition coefficient (Wildman–Crippen LogP) is -4.96. The Kier molecular flexibility index (Phi) is 11.3. The van der Waals surface area contributed by atoms with Gasteiger partial charge in [-0.3, -0.25) is 20.2 Å². The maximum atomic E-state index is 11.2. The van der Waals surface area contributed by atoms with Gasteiger partial charge in [0, 0.05) is 45.2 Å². The zero-order valence-corrected chi connectivity index (χ0v) is 20.1. The van der Waals surface area contributed by atoms with E-state index in [2.05, 4.69) is 0 Å². The summed E-state index contributed by atoms with van der Waals surface area (Å²) in [5.41, 5.74) is -1.75. The van der Waals surface area contributed by atoms with Crippen LogP contribution >= 0.6 is 21.6 Å². The molecule has 0 aliphatic heterocycles. The van der Waals surface area contributed by atoms with Crippen LogP contribution in [0.2, 0.25) is 0 Å². The van der Waals surface area contributed by atoms with E-state index in [9.17, 15) is 40.0 Å². The molecule has 0 saturated heterocycles. The number of nitro benzene ring substituents is 2. The molecule has 0 radical (unpaired) electrons. The summed E-state index contributed by atoms with van der Waals surface area (Å²) in [7, 11) is 1.61. The van der Waals surface area contributed by atoms with Crippen molar-refractivity contribution < 1.29 is 88.8 Å². The largest absolute Gasteiger partial charge is 1.00 e. The van der Waals surface area contributed by atoms with Crippen molar-refractivity contribution >= 4 is 44.9 Å². The third-order valence-corrected chi connectivity index (χ3v) is 5.49. The van der Waals surface area contributed by atoms with Gasteiger partial charge in [0.1, 0.15) is 0 Å². The summed E-state index contributed by atoms with van der Waals surface area (Å²) in [6, 6.07) is 6.20. The maximum Gasteiger partial charge on any atom is 1.00 e. The Bertz CT molecular complexity index is 866.